The van der Waals surface area contributed by atoms with E-state index < -0.39 is 6.04 Å². The molecule has 0 radical (unpaired) electrons. The lowest BCUT2D eigenvalue weighted by atomic mass is 9.98. The van der Waals surface area contributed by atoms with Crippen LogP contribution in [0.25, 0.3) is 0 Å². The second-order valence-electron chi connectivity index (χ2n) is 6.66. The zero-order chi connectivity index (χ0) is 16.9. The van der Waals surface area contributed by atoms with Crippen LogP contribution in [0, 0.1) is 5.82 Å². The number of hydrogen-bond donors (Lipinski definition) is 2. The largest absolute Gasteiger partial charge is 0.379 e. The van der Waals surface area contributed by atoms with Gasteiger partial charge in [0.1, 0.15) is 11.9 Å². The zero-order valence-corrected chi connectivity index (χ0v) is 14.1. The second kappa shape index (κ2) is 8.05. The molecule has 6 heteroatoms. The van der Waals surface area contributed by atoms with E-state index in [0.29, 0.717) is 37.9 Å². The summed E-state index contributed by atoms with van der Waals surface area (Å²) in [6, 6.07) is 6.50. The average Bonchev–Trinajstić information content (AvgIpc) is 2.58. The molecule has 0 aromatic heterocycles. The standard InChI is InChI=1S/C18H26FN3O2/c1-13-12-14(6-7-20-13)21-18(23)17(22-8-10-24-11-9-22)15-4-2-3-5-16(15)19/h2-5,13-14,17,20H,6-12H2,1H3,(H,21,23). The van der Waals surface area contributed by atoms with Crippen LogP contribution in [0.2, 0.25) is 0 Å². The van der Waals surface area contributed by atoms with Crippen molar-refractivity contribution in [3.8, 4) is 0 Å². The van der Waals surface area contributed by atoms with Crippen LogP contribution in [-0.4, -0.2) is 55.7 Å². The minimum Gasteiger partial charge on any atom is -0.379 e. The third-order valence-corrected chi connectivity index (χ3v) is 4.83. The molecule has 24 heavy (non-hydrogen) atoms. The number of piperidine rings is 1. The number of morpholine rings is 1. The van der Waals surface area contributed by atoms with Crippen molar-refractivity contribution in [1.82, 2.24) is 15.5 Å². The van der Waals surface area contributed by atoms with E-state index in [9.17, 15) is 9.18 Å². The smallest absolute Gasteiger partial charge is 0.242 e. The maximum absolute atomic E-state index is 14.3. The summed E-state index contributed by atoms with van der Waals surface area (Å²) in [4.78, 5) is 15.0. The number of hydrogen-bond acceptors (Lipinski definition) is 4. The van der Waals surface area contributed by atoms with Gasteiger partial charge < -0.3 is 15.4 Å². The van der Waals surface area contributed by atoms with E-state index in [1.54, 1.807) is 18.2 Å². The van der Waals surface area contributed by atoms with Crippen LogP contribution >= 0.6 is 0 Å². The fraction of sp³-hybridized carbons (Fsp3) is 0.611. The van der Waals surface area contributed by atoms with Gasteiger partial charge in [0.05, 0.1) is 13.2 Å². The monoisotopic (exact) mass is 335 g/mol. The molecule has 1 aromatic rings. The minimum atomic E-state index is -0.597. The number of halogens is 1. The molecule has 2 aliphatic rings. The lowest BCUT2D eigenvalue weighted by Gasteiger charge is -2.36. The molecule has 2 N–H and O–H groups in total. The van der Waals surface area contributed by atoms with Gasteiger partial charge in [-0.1, -0.05) is 18.2 Å². The summed E-state index contributed by atoms with van der Waals surface area (Å²) in [5.74, 6) is -0.441. The van der Waals surface area contributed by atoms with Crippen molar-refractivity contribution in [2.45, 2.75) is 37.9 Å². The normalized spacial score (nSPS) is 26.8. The average molecular weight is 335 g/mol. The van der Waals surface area contributed by atoms with Gasteiger partial charge >= 0.3 is 0 Å². The highest BCUT2D eigenvalue weighted by molar-refractivity contribution is 5.83. The fourth-order valence-corrected chi connectivity index (χ4v) is 3.58. The molecule has 2 saturated heterocycles. The summed E-state index contributed by atoms with van der Waals surface area (Å²) in [5.41, 5.74) is 0.443. The van der Waals surface area contributed by atoms with Crippen molar-refractivity contribution in [3.05, 3.63) is 35.6 Å². The molecule has 1 amide bonds. The predicted molar refractivity (Wildman–Crippen MR) is 90.2 cm³/mol. The highest BCUT2D eigenvalue weighted by Crippen LogP contribution is 2.25. The highest BCUT2D eigenvalue weighted by atomic mass is 19.1. The number of carbonyl (C=O) groups is 1. The van der Waals surface area contributed by atoms with Gasteiger partial charge in [0.25, 0.3) is 0 Å². The van der Waals surface area contributed by atoms with Crippen LogP contribution in [0.4, 0.5) is 4.39 Å². The summed E-state index contributed by atoms with van der Waals surface area (Å²) in [6.45, 7) is 5.43. The summed E-state index contributed by atoms with van der Waals surface area (Å²) in [7, 11) is 0. The maximum Gasteiger partial charge on any atom is 0.242 e. The second-order valence-corrected chi connectivity index (χ2v) is 6.66. The molecule has 1 aromatic carbocycles. The Morgan fingerprint density at radius 2 is 2.12 bits per heavy atom. The van der Waals surface area contributed by atoms with E-state index in [-0.39, 0.29) is 17.8 Å². The molecule has 3 rings (SSSR count). The first kappa shape index (κ1) is 17.3. The Kier molecular flexibility index (Phi) is 5.81. The first-order chi connectivity index (χ1) is 11.6. The van der Waals surface area contributed by atoms with E-state index in [2.05, 4.69) is 17.6 Å². The molecule has 0 saturated carbocycles. The first-order valence-corrected chi connectivity index (χ1v) is 8.75. The molecule has 0 bridgehead atoms. The number of nitrogens with one attached hydrogen (secondary N) is 2. The molecular formula is C18H26FN3O2. The van der Waals surface area contributed by atoms with Crippen LogP contribution in [0.1, 0.15) is 31.4 Å². The molecule has 0 spiro atoms. The summed E-state index contributed by atoms with van der Waals surface area (Å²) < 4.78 is 19.7. The number of nitrogens with zero attached hydrogens (tertiary/aromatic N) is 1. The van der Waals surface area contributed by atoms with Crippen molar-refractivity contribution in [2.24, 2.45) is 0 Å². The number of carbonyl (C=O) groups excluding carboxylic acids is 1. The lowest BCUT2D eigenvalue weighted by Crippen LogP contribution is -2.51. The Balaban J connectivity index is 1.78. The SMILES string of the molecule is CC1CC(NC(=O)C(c2ccccc2F)N2CCOCC2)CCN1. The van der Waals surface area contributed by atoms with Gasteiger partial charge in [-0.05, 0) is 32.4 Å². The van der Waals surface area contributed by atoms with Gasteiger partial charge in [-0.15, -0.1) is 0 Å². The summed E-state index contributed by atoms with van der Waals surface area (Å²) in [6.07, 6.45) is 1.81. The molecule has 5 nitrogen and oxygen atoms in total. The van der Waals surface area contributed by atoms with Crippen LogP contribution in [0.5, 0.6) is 0 Å². The first-order valence-electron chi connectivity index (χ1n) is 8.75. The van der Waals surface area contributed by atoms with Crippen molar-refractivity contribution in [3.63, 3.8) is 0 Å². The molecule has 3 unspecified atom stereocenters. The number of ether oxygens (including phenoxy) is 1. The van der Waals surface area contributed by atoms with Crippen molar-refractivity contribution >= 4 is 5.91 Å². The zero-order valence-electron chi connectivity index (χ0n) is 14.1. The number of rotatable bonds is 4. The third kappa shape index (κ3) is 4.12. The Hall–Kier alpha value is -1.50. The van der Waals surface area contributed by atoms with Crippen LogP contribution in [0.3, 0.4) is 0 Å². The van der Waals surface area contributed by atoms with E-state index >= 15 is 0 Å². The number of amides is 1. The van der Waals surface area contributed by atoms with E-state index in [0.717, 1.165) is 19.4 Å². The van der Waals surface area contributed by atoms with Gasteiger partial charge in [-0.3, -0.25) is 9.69 Å². The molecule has 132 valence electrons. The minimum absolute atomic E-state index is 0.110. The quantitative estimate of drug-likeness (QED) is 0.875. The Labute approximate surface area is 142 Å². The van der Waals surface area contributed by atoms with Crippen molar-refractivity contribution < 1.29 is 13.9 Å². The maximum atomic E-state index is 14.3. The molecule has 2 heterocycles. The van der Waals surface area contributed by atoms with Crippen molar-refractivity contribution in [1.29, 1.82) is 0 Å². The topological polar surface area (TPSA) is 53.6 Å². The van der Waals surface area contributed by atoms with E-state index in [1.807, 2.05) is 4.90 Å². The Morgan fingerprint density at radius 1 is 1.38 bits per heavy atom. The van der Waals surface area contributed by atoms with Gasteiger partial charge in [0.15, 0.2) is 0 Å². The lowest BCUT2D eigenvalue weighted by molar-refractivity contribution is -0.129. The molecule has 0 aliphatic carbocycles. The van der Waals surface area contributed by atoms with Crippen LogP contribution < -0.4 is 10.6 Å². The number of benzene rings is 1. The van der Waals surface area contributed by atoms with E-state index in [1.165, 1.54) is 6.07 Å². The summed E-state index contributed by atoms with van der Waals surface area (Å²) >= 11 is 0. The Morgan fingerprint density at radius 3 is 2.83 bits per heavy atom. The van der Waals surface area contributed by atoms with Crippen molar-refractivity contribution in [2.75, 3.05) is 32.8 Å². The highest BCUT2D eigenvalue weighted by Gasteiger charge is 2.32. The van der Waals surface area contributed by atoms with Crippen LogP contribution in [0.15, 0.2) is 24.3 Å². The molecule has 2 aliphatic heterocycles. The Bertz CT molecular complexity index is 563. The van der Waals surface area contributed by atoms with Gasteiger partial charge in [0.2, 0.25) is 5.91 Å². The molecule has 2 fully saturated rings. The summed E-state index contributed by atoms with van der Waals surface area (Å²) in [5, 5.41) is 6.52. The molecular weight excluding hydrogens is 309 g/mol. The predicted octanol–water partition coefficient (Wildman–Crippen LogP) is 1.46. The molecule has 3 atom stereocenters. The van der Waals surface area contributed by atoms with Gasteiger partial charge in [-0.2, -0.15) is 0 Å². The fourth-order valence-electron chi connectivity index (χ4n) is 3.58. The van der Waals surface area contributed by atoms with Gasteiger partial charge in [0, 0.05) is 30.7 Å². The van der Waals surface area contributed by atoms with Crippen LogP contribution in [-0.2, 0) is 9.53 Å². The van der Waals surface area contributed by atoms with Gasteiger partial charge in [-0.25, -0.2) is 4.39 Å². The third-order valence-electron chi connectivity index (χ3n) is 4.83. The van der Waals surface area contributed by atoms with E-state index in [4.69, 9.17) is 4.74 Å².